The fourth-order valence-corrected chi connectivity index (χ4v) is 2.28. The molecule has 0 saturated heterocycles. The Kier molecular flexibility index (Phi) is 3.69. The van der Waals surface area contributed by atoms with Gasteiger partial charge in [-0.1, -0.05) is 36.4 Å². The highest BCUT2D eigenvalue weighted by molar-refractivity contribution is 5.94. The lowest BCUT2D eigenvalue weighted by Crippen LogP contribution is -1.96. The second kappa shape index (κ2) is 5.80. The van der Waals surface area contributed by atoms with E-state index >= 15 is 0 Å². The van der Waals surface area contributed by atoms with E-state index in [-0.39, 0.29) is 5.78 Å². The van der Waals surface area contributed by atoms with E-state index in [1.165, 1.54) is 10.8 Å². The van der Waals surface area contributed by atoms with Gasteiger partial charge in [0.2, 0.25) is 0 Å². The van der Waals surface area contributed by atoms with Crippen LogP contribution in [0.5, 0.6) is 5.75 Å². The molecule has 3 aromatic carbocycles. The Balaban J connectivity index is 1.72. The number of ketones is 1. The van der Waals surface area contributed by atoms with Crippen LogP contribution in [0.25, 0.3) is 10.8 Å². The van der Waals surface area contributed by atoms with Gasteiger partial charge < -0.3 is 4.74 Å². The number of rotatable bonds is 4. The van der Waals surface area contributed by atoms with Gasteiger partial charge in [-0.3, -0.25) is 4.79 Å². The van der Waals surface area contributed by atoms with E-state index in [4.69, 9.17) is 4.74 Å². The predicted octanol–water partition coefficient (Wildman–Crippen LogP) is 4.62. The molecule has 0 amide bonds. The van der Waals surface area contributed by atoms with Crippen LogP contribution in [0.2, 0.25) is 0 Å². The van der Waals surface area contributed by atoms with Crippen molar-refractivity contribution in [1.29, 1.82) is 0 Å². The Morgan fingerprint density at radius 1 is 0.905 bits per heavy atom. The van der Waals surface area contributed by atoms with Gasteiger partial charge in [0, 0.05) is 5.56 Å². The molecule has 0 spiro atoms. The van der Waals surface area contributed by atoms with Gasteiger partial charge in [-0.25, -0.2) is 0 Å². The van der Waals surface area contributed by atoms with E-state index in [9.17, 15) is 4.79 Å². The number of carbonyl (C=O) groups excluding carboxylic acids is 1. The molecule has 0 unspecified atom stereocenters. The molecule has 104 valence electrons. The van der Waals surface area contributed by atoms with Crippen LogP contribution in [0.15, 0.2) is 66.7 Å². The van der Waals surface area contributed by atoms with E-state index in [0.717, 1.165) is 11.3 Å². The second-order valence-corrected chi connectivity index (χ2v) is 5.05. The molecule has 21 heavy (non-hydrogen) atoms. The molecule has 0 atom stereocenters. The van der Waals surface area contributed by atoms with Crippen molar-refractivity contribution in [3.63, 3.8) is 0 Å². The maximum Gasteiger partial charge on any atom is 0.159 e. The minimum absolute atomic E-state index is 0.0658. The minimum Gasteiger partial charge on any atom is -0.489 e. The normalized spacial score (nSPS) is 10.5. The first kappa shape index (κ1) is 13.4. The van der Waals surface area contributed by atoms with E-state index in [1.54, 1.807) is 19.1 Å². The Hall–Kier alpha value is -2.61. The highest BCUT2D eigenvalue weighted by Gasteiger charge is 2.01. The molecule has 0 aliphatic rings. The summed E-state index contributed by atoms with van der Waals surface area (Å²) < 4.78 is 5.76. The molecular formula is C19H16O2. The molecule has 2 nitrogen and oxygen atoms in total. The fourth-order valence-electron chi connectivity index (χ4n) is 2.28. The molecule has 0 radical (unpaired) electrons. The standard InChI is InChI=1S/C19H16O2/c1-14(20)16-8-10-19(11-9-16)21-13-15-6-7-17-4-2-3-5-18(17)12-15/h2-12H,13H2,1H3. The maximum atomic E-state index is 11.2. The van der Waals surface area contributed by atoms with Crippen LogP contribution in [-0.2, 0) is 6.61 Å². The zero-order chi connectivity index (χ0) is 14.7. The van der Waals surface area contributed by atoms with Gasteiger partial charge in [-0.15, -0.1) is 0 Å². The predicted molar refractivity (Wildman–Crippen MR) is 84.7 cm³/mol. The summed E-state index contributed by atoms with van der Waals surface area (Å²) in [6, 6.07) is 21.8. The van der Waals surface area contributed by atoms with Crippen molar-refractivity contribution in [3.05, 3.63) is 77.9 Å². The molecule has 0 fully saturated rings. The Labute approximate surface area is 124 Å². The van der Waals surface area contributed by atoms with Gasteiger partial charge in [0.25, 0.3) is 0 Å². The van der Waals surface area contributed by atoms with Crippen LogP contribution in [-0.4, -0.2) is 5.78 Å². The average molecular weight is 276 g/mol. The Bertz CT molecular complexity index is 773. The quantitative estimate of drug-likeness (QED) is 0.650. The molecule has 0 N–H and O–H groups in total. The van der Waals surface area contributed by atoms with Crippen LogP contribution in [0.3, 0.4) is 0 Å². The summed E-state index contributed by atoms with van der Waals surface area (Å²) in [5.41, 5.74) is 1.83. The maximum absolute atomic E-state index is 11.2. The summed E-state index contributed by atoms with van der Waals surface area (Å²) in [6.07, 6.45) is 0. The largest absolute Gasteiger partial charge is 0.489 e. The van der Waals surface area contributed by atoms with Crippen molar-refractivity contribution in [2.45, 2.75) is 13.5 Å². The topological polar surface area (TPSA) is 26.3 Å². The number of benzene rings is 3. The molecule has 0 aliphatic heterocycles. The van der Waals surface area contributed by atoms with Crippen LogP contribution < -0.4 is 4.74 Å². The van der Waals surface area contributed by atoms with E-state index in [2.05, 4.69) is 30.3 Å². The molecule has 0 bridgehead atoms. The Morgan fingerprint density at radius 2 is 1.62 bits per heavy atom. The number of hydrogen-bond acceptors (Lipinski definition) is 2. The third-order valence-electron chi connectivity index (χ3n) is 3.48. The zero-order valence-corrected chi connectivity index (χ0v) is 11.9. The first-order valence-electron chi connectivity index (χ1n) is 6.94. The molecule has 0 heterocycles. The number of Topliss-reactive ketones (excluding diaryl/α,β-unsaturated/α-hetero) is 1. The summed E-state index contributed by atoms with van der Waals surface area (Å²) in [5, 5.41) is 2.44. The number of ether oxygens (including phenoxy) is 1. The van der Waals surface area contributed by atoms with Crippen LogP contribution in [0.1, 0.15) is 22.8 Å². The highest BCUT2D eigenvalue weighted by Crippen LogP contribution is 2.18. The van der Waals surface area contributed by atoms with Crippen molar-refractivity contribution >= 4 is 16.6 Å². The van der Waals surface area contributed by atoms with Crippen LogP contribution in [0, 0.1) is 0 Å². The lowest BCUT2D eigenvalue weighted by molar-refractivity contribution is 0.101. The molecule has 3 aromatic rings. The SMILES string of the molecule is CC(=O)c1ccc(OCc2ccc3ccccc3c2)cc1. The molecule has 0 aliphatic carbocycles. The highest BCUT2D eigenvalue weighted by atomic mass is 16.5. The molecular weight excluding hydrogens is 260 g/mol. The zero-order valence-electron chi connectivity index (χ0n) is 11.9. The van der Waals surface area contributed by atoms with Crippen molar-refractivity contribution in [2.75, 3.05) is 0 Å². The second-order valence-electron chi connectivity index (χ2n) is 5.05. The number of fused-ring (bicyclic) bond motifs is 1. The van der Waals surface area contributed by atoms with Crippen molar-refractivity contribution < 1.29 is 9.53 Å². The summed E-state index contributed by atoms with van der Waals surface area (Å²) in [7, 11) is 0. The smallest absolute Gasteiger partial charge is 0.159 e. The number of carbonyl (C=O) groups is 1. The summed E-state index contributed by atoms with van der Waals surface area (Å²) in [6.45, 7) is 2.08. The van der Waals surface area contributed by atoms with Gasteiger partial charge in [0.05, 0.1) is 0 Å². The molecule has 0 aromatic heterocycles. The molecule has 2 heteroatoms. The van der Waals surface area contributed by atoms with Gasteiger partial charge in [0.15, 0.2) is 5.78 Å². The van der Waals surface area contributed by atoms with Crippen molar-refractivity contribution in [3.8, 4) is 5.75 Å². The van der Waals surface area contributed by atoms with Crippen LogP contribution >= 0.6 is 0 Å². The summed E-state index contributed by atoms with van der Waals surface area (Å²) in [5.74, 6) is 0.837. The third kappa shape index (κ3) is 3.11. The van der Waals surface area contributed by atoms with Crippen molar-refractivity contribution in [1.82, 2.24) is 0 Å². The van der Waals surface area contributed by atoms with E-state index in [1.807, 2.05) is 24.3 Å². The lowest BCUT2D eigenvalue weighted by atomic mass is 10.1. The first-order chi connectivity index (χ1) is 10.2. The third-order valence-corrected chi connectivity index (χ3v) is 3.48. The first-order valence-corrected chi connectivity index (χ1v) is 6.94. The van der Waals surface area contributed by atoms with Gasteiger partial charge >= 0.3 is 0 Å². The molecule has 3 rings (SSSR count). The van der Waals surface area contributed by atoms with Gasteiger partial charge in [-0.2, -0.15) is 0 Å². The van der Waals surface area contributed by atoms with E-state index in [0.29, 0.717) is 12.2 Å². The fraction of sp³-hybridized carbons (Fsp3) is 0.105. The van der Waals surface area contributed by atoms with Crippen molar-refractivity contribution in [2.24, 2.45) is 0 Å². The lowest BCUT2D eigenvalue weighted by Gasteiger charge is -2.08. The monoisotopic (exact) mass is 276 g/mol. The number of hydrogen-bond donors (Lipinski definition) is 0. The molecule has 0 saturated carbocycles. The minimum atomic E-state index is 0.0658. The van der Waals surface area contributed by atoms with E-state index < -0.39 is 0 Å². The van der Waals surface area contributed by atoms with Gasteiger partial charge in [-0.05, 0) is 53.6 Å². The van der Waals surface area contributed by atoms with Crippen LogP contribution in [0.4, 0.5) is 0 Å². The van der Waals surface area contributed by atoms with Gasteiger partial charge in [0.1, 0.15) is 12.4 Å². The average Bonchev–Trinajstić information content (AvgIpc) is 2.53. The Morgan fingerprint density at radius 3 is 2.33 bits per heavy atom. The summed E-state index contributed by atoms with van der Waals surface area (Å²) in [4.78, 5) is 11.2. The summed E-state index contributed by atoms with van der Waals surface area (Å²) >= 11 is 0.